The van der Waals surface area contributed by atoms with Crippen LogP contribution in [0.15, 0.2) is 29.6 Å². The van der Waals surface area contributed by atoms with Gasteiger partial charge in [-0.2, -0.15) is 0 Å². The Balaban J connectivity index is 1.85. The van der Waals surface area contributed by atoms with E-state index in [1.54, 1.807) is 17.5 Å². The van der Waals surface area contributed by atoms with Gasteiger partial charge in [0.25, 0.3) is 5.69 Å². The summed E-state index contributed by atoms with van der Waals surface area (Å²) in [7, 11) is 0. The van der Waals surface area contributed by atoms with Crippen LogP contribution in [0.25, 0.3) is 0 Å². The van der Waals surface area contributed by atoms with Crippen LogP contribution < -0.4 is 5.32 Å². The molecule has 0 aliphatic rings. The summed E-state index contributed by atoms with van der Waals surface area (Å²) in [5.74, 6) is -1.03. The van der Waals surface area contributed by atoms with Gasteiger partial charge in [0.2, 0.25) is 5.01 Å². The number of nitro groups is 1. The highest BCUT2D eigenvalue weighted by Crippen LogP contribution is 2.12. The van der Waals surface area contributed by atoms with Crippen LogP contribution in [0.4, 0.5) is 5.69 Å². The second-order valence-electron chi connectivity index (χ2n) is 3.98. The predicted molar refractivity (Wildman–Crippen MR) is 72.7 cm³/mol. The highest BCUT2D eigenvalue weighted by Gasteiger charge is 2.08. The maximum Gasteiger partial charge on any atom is 0.365 e. The number of thiazole rings is 1. The van der Waals surface area contributed by atoms with Crippen LogP contribution in [0.2, 0.25) is 0 Å². The zero-order chi connectivity index (χ0) is 14.5. The number of rotatable bonds is 6. The molecule has 2 rings (SSSR count). The van der Waals surface area contributed by atoms with E-state index in [-0.39, 0.29) is 10.7 Å². The van der Waals surface area contributed by atoms with Crippen molar-refractivity contribution in [3.63, 3.8) is 0 Å². The van der Waals surface area contributed by atoms with Gasteiger partial charge in [0.15, 0.2) is 0 Å². The molecule has 104 valence electrons. The van der Waals surface area contributed by atoms with Crippen molar-refractivity contribution in [3.05, 3.63) is 56.0 Å². The highest BCUT2D eigenvalue weighted by molar-refractivity contribution is 7.11. The van der Waals surface area contributed by atoms with Crippen molar-refractivity contribution in [2.75, 3.05) is 0 Å². The molecule has 1 heterocycles. The van der Waals surface area contributed by atoms with Crippen LogP contribution in [0.5, 0.6) is 0 Å². The summed E-state index contributed by atoms with van der Waals surface area (Å²) in [4.78, 5) is 24.7. The molecule has 0 aliphatic heterocycles. The molecule has 0 amide bonds. The smallest absolute Gasteiger partial charge is 0.365 e. The second-order valence-corrected chi connectivity index (χ2v) is 4.83. The van der Waals surface area contributed by atoms with Crippen LogP contribution in [0.3, 0.4) is 0 Å². The Kier molecular flexibility index (Phi) is 4.38. The molecule has 2 aromatic rings. The molecule has 0 saturated heterocycles. The average Bonchev–Trinajstić information content (AvgIpc) is 2.88. The zero-order valence-corrected chi connectivity index (χ0v) is 11.1. The maximum absolute atomic E-state index is 10.7. The molecule has 0 aliphatic carbocycles. The van der Waals surface area contributed by atoms with Crippen LogP contribution in [-0.2, 0) is 13.1 Å². The number of benzene rings is 1. The van der Waals surface area contributed by atoms with E-state index in [1.165, 1.54) is 12.1 Å². The Bertz CT molecular complexity index is 624. The van der Waals surface area contributed by atoms with E-state index in [1.807, 2.05) is 0 Å². The fourth-order valence-corrected chi connectivity index (χ4v) is 2.21. The van der Waals surface area contributed by atoms with E-state index in [4.69, 9.17) is 5.11 Å². The zero-order valence-electron chi connectivity index (χ0n) is 10.3. The van der Waals surface area contributed by atoms with Crippen LogP contribution in [0.1, 0.15) is 21.1 Å². The SMILES string of the molecule is O=C(O)c1nc(CNCc2ccc([N+](=O)[O-])cc2)cs1. The van der Waals surface area contributed by atoms with E-state index in [9.17, 15) is 14.9 Å². The third kappa shape index (κ3) is 3.59. The molecule has 1 aromatic carbocycles. The first kappa shape index (κ1) is 14.1. The number of carboxylic acids is 1. The Hall–Kier alpha value is -2.32. The minimum Gasteiger partial charge on any atom is -0.476 e. The molecule has 2 N–H and O–H groups in total. The van der Waals surface area contributed by atoms with Gasteiger partial charge in [-0.15, -0.1) is 11.3 Å². The van der Waals surface area contributed by atoms with Crippen molar-refractivity contribution in [3.8, 4) is 0 Å². The van der Waals surface area contributed by atoms with Crippen molar-refractivity contribution in [1.82, 2.24) is 10.3 Å². The third-order valence-electron chi connectivity index (χ3n) is 2.52. The Morgan fingerprint density at radius 2 is 2.05 bits per heavy atom. The van der Waals surface area contributed by atoms with Gasteiger partial charge in [-0.3, -0.25) is 10.1 Å². The molecule has 0 saturated carbocycles. The molecular formula is C12H11N3O4S. The van der Waals surface area contributed by atoms with Crippen molar-refractivity contribution in [2.24, 2.45) is 0 Å². The van der Waals surface area contributed by atoms with E-state index in [0.29, 0.717) is 18.8 Å². The second kappa shape index (κ2) is 6.22. The first-order chi connectivity index (χ1) is 9.56. The minimum atomic E-state index is -1.03. The van der Waals surface area contributed by atoms with Gasteiger partial charge in [0.1, 0.15) is 0 Å². The number of hydrogen-bond acceptors (Lipinski definition) is 6. The van der Waals surface area contributed by atoms with Gasteiger partial charge in [0, 0.05) is 30.6 Å². The predicted octanol–water partition coefficient (Wildman–Crippen LogP) is 2.04. The number of carbonyl (C=O) groups is 1. The Labute approximate surface area is 118 Å². The number of nitro benzene ring substituents is 1. The van der Waals surface area contributed by atoms with Crippen molar-refractivity contribution < 1.29 is 14.8 Å². The van der Waals surface area contributed by atoms with Crippen LogP contribution >= 0.6 is 11.3 Å². The van der Waals surface area contributed by atoms with Crippen molar-refractivity contribution in [1.29, 1.82) is 0 Å². The molecule has 0 radical (unpaired) electrons. The minimum absolute atomic E-state index is 0.0550. The van der Waals surface area contributed by atoms with E-state index < -0.39 is 10.9 Å². The van der Waals surface area contributed by atoms with Crippen molar-refractivity contribution in [2.45, 2.75) is 13.1 Å². The summed E-state index contributed by atoms with van der Waals surface area (Å²) < 4.78 is 0. The number of non-ortho nitro benzene ring substituents is 1. The topological polar surface area (TPSA) is 105 Å². The lowest BCUT2D eigenvalue weighted by Crippen LogP contribution is -2.13. The number of aromatic nitrogens is 1. The van der Waals surface area contributed by atoms with E-state index >= 15 is 0 Å². The summed E-state index contributed by atoms with van der Waals surface area (Å²) in [5.41, 5.74) is 1.62. The summed E-state index contributed by atoms with van der Waals surface area (Å²) >= 11 is 1.08. The molecule has 0 fully saturated rings. The first-order valence-electron chi connectivity index (χ1n) is 5.68. The third-order valence-corrected chi connectivity index (χ3v) is 3.40. The summed E-state index contributed by atoms with van der Waals surface area (Å²) in [6, 6.07) is 6.24. The molecular weight excluding hydrogens is 282 g/mol. The standard InChI is InChI=1S/C12H11N3O4S/c16-12(17)11-14-9(7-20-11)6-13-5-8-1-3-10(4-2-8)15(18)19/h1-4,7,13H,5-6H2,(H,16,17). The van der Waals surface area contributed by atoms with Gasteiger partial charge < -0.3 is 10.4 Å². The average molecular weight is 293 g/mol. The van der Waals surface area contributed by atoms with Crippen LogP contribution in [0, 0.1) is 10.1 Å². The monoisotopic (exact) mass is 293 g/mol. The van der Waals surface area contributed by atoms with Gasteiger partial charge >= 0.3 is 5.97 Å². The number of nitrogens with one attached hydrogen (secondary N) is 1. The molecule has 20 heavy (non-hydrogen) atoms. The summed E-state index contributed by atoms with van der Waals surface area (Å²) in [5, 5.41) is 24.1. The molecule has 0 spiro atoms. The molecule has 8 heteroatoms. The van der Waals surface area contributed by atoms with Crippen molar-refractivity contribution >= 4 is 23.0 Å². The molecule has 0 atom stereocenters. The van der Waals surface area contributed by atoms with E-state index in [0.717, 1.165) is 16.9 Å². The van der Waals surface area contributed by atoms with Gasteiger partial charge in [-0.05, 0) is 5.56 Å². The number of nitrogens with zero attached hydrogens (tertiary/aromatic N) is 2. The molecule has 0 bridgehead atoms. The Morgan fingerprint density at radius 1 is 1.35 bits per heavy atom. The fraction of sp³-hybridized carbons (Fsp3) is 0.167. The number of carboxylic acid groups (broad SMARTS) is 1. The molecule has 7 nitrogen and oxygen atoms in total. The van der Waals surface area contributed by atoms with Crippen LogP contribution in [-0.4, -0.2) is 21.0 Å². The lowest BCUT2D eigenvalue weighted by Gasteiger charge is -2.02. The molecule has 1 aromatic heterocycles. The summed E-state index contributed by atoms with van der Waals surface area (Å²) in [6.07, 6.45) is 0. The lowest BCUT2D eigenvalue weighted by molar-refractivity contribution is -0.384. The first-order valence-corrected chi connectivity index (χ1v) is 6.56. The van der Waals surface area contributed by atoms with Gasteiger partial charge in [-0.1, -0.05) is 12.1 Å². The summed E-state index contributed by atoms with van der Waals surface area (Å²) in [6.45, 7) is 0.971. The maximum atomic E-state index is 10.7. The fourth-order valence-electron chi connectivity index (χ4n) is 1.56. The lowest BCUT2D eigenvalue weighted by atomic mass is 10.2. The highest BCUT2D eigenvalue weighted by atomic mass is 32.1. The van der Waals surface area contributed by atoms with E-state index in [2.05, 4.69) is 10.3 Å². The molecule has 0 unspecified atom stereocenters. The largest absolute Gasteiger partial charge is 0.476 e. The van der Waals surface area contributed by atoms with Gasteiger partial charge in [0.05, 0.1) is 10.6 Å². The normalized spacial score (nSPS) is 10.4. The number of hydrogen-bond donors (Lipinski definition) is 2. The van der Waals surface area contributed by atoms with Gasteiger partial charge in [-0.25, -0.2) is 9.78 Å². The number of aromatic carboxylic acids is 1. The quantitative estimate of drug-likeness (QED) is 0.623. The Morgan fingerprint density at radius 3 is 2.60 bits per heavy atom.